The minimum absolute atomic E-state index is 0.0485. The maximum absolute atomic E-state index is 13.4. The summed E-state index contributed by atoms with van der Waals surface area (Å²) >= 11 is 0. The molecular formula is C15H21FN2O3. The van der Waals surface area contributed by atoms with Crippen molar-refractivity contribution in [2.24, 2.45) is 5.92 Å². The molecule has 2 N–H and O–H groups in total. The average molecular weight is 296 g/mol. The van der Waals surface area contributed by atoms with Crippen LogP contribution in [0.5, 0.6) is 0 Å². The third kappa shape index (κ3) is 5.06. The second kappa shape index (κ2) is 8.24. The van der Waals surface area contributed by atoms with E-state index in [0.29, 0.717) is 12.0 Å². The van der Waals surface area contributed by atoms with E-state index < -0.39 is 18.0 Å². The zero-order valence-electron chi connectivity index (χ0n) is 12.5. The molecule has 1 aromatic carbocycles. The monoisotopic (exact) mass is 296 g/mol. The van der Waals surface area contributed by atoms with Crippen LogP contribution in [0.1, 0.15) is 25.8 Å². The Morgan fingerprint density at radius 2 is 2.00 bits per heavy atom. The Labute approximate surface area is 123 Å². The number of ether oxygens (including phenoxy) is 1. The fourth-order valence-electron chi connectivity index (χ4n) is 1.81. The fourth-order valence-corrected chi connectivity index (χ4v) is 1.81. The highest BCUT2D eigenvalue weighted by Crippen LogP contribution is 2.09. The van der Waals surface area contributed by atoms with E-state index in [9.17, 15) is 14.0 Å². The second-order valence-electron chi connectivity index (χ2n) is 4.80. The van der Waals surface area contributed by atoms with Crippen molar-refractivity contribution in [2.45, 2.75) is 32.9 Å². The third-order valence-electron chi connectivity index (χ3n) is 3.35. The molecule has 2 atom stereocenters. The first kappa shape index (κ1) is 16.9. The Morgan fingerprint density at radius 3 is 2.57 bits per heavy atom. The molecule has 1 aromatic rings. The van der Waals surface area contributed by atoms with Gasteiger partial charge in [-0.3, -0.25) is 0 Å². The van der Waals surface area contributed by atoms with Crippen LogP contribution in [0, 0.1) is 11.7 Å². The lowest BCUT2D eigenvalue weighted by Crippen LogP contribution is -2.49. The van der Waals surface area contributed by atoms with Crippen molar-refractivity contribution in [3.05, 3.63) is 35.6 Å². The normalized spacial score (nSPS) is 13.1. The second-order valence-corrected chi connectivity index (χ2v) is 4.80. The number of rotatable bonds is 6. The van der Waals surface area contributed by atoms with Gasteiger partial charge in [0.1, 0.15) is 11.9 Å². The molecule has 6 heteroatoms. The number of halogens is 1. The Bertz CT molecular complexity index is 494. The minimum atomic E-state index is -0.722. The average Bonchev–Trinajstić information content (AvgIpc) is 2.50. The minimum Gasteiger partial charge on any atom is -0.467 e. The maximum atomic E-state index is 13.4. The fraction of sp³-hybridized carbons (Fsp3) is 0.467. The van der Waals surface area contributed by atoms with Crippen LogP contribution in [0.4, 0.5) is 9.18 Å². The van der Waals surface area contributed by atoms with Gasteiger partial charge in [0.25, 0.3) is 0 Å². The van der Waals surface area contributed by atoms with Crippen molar-refractivity contribution in [2.75, 3.05) is 7.11 Å². The molecule has 21 heavy (non-hydrogen) atoms. The van der Waals surface area contributed by atoms with Crippen LogP contribution < -0.4 is 10.6 Å². The number of methoxy groups -OCH3 is 1. The quantitative estimate of drug-likeness (QED) is 0.791. The summed E-state index contributed by atoms with van der Waals surface area (Å²) in [5.41, 5.74) is 0.380. The molecule has 0 radical (unpaired) electrons. The number of urea groups is 1. The number of hydrogen-bond acceptors (Lipinski definition) is 3. The smallest absolute Gasteiger partial charge is 0.328 e. The molecule has 2 amide bonds. The maximum Gasteiger partial charge on any atom is 0.328 e. The van der Waals surface area contributed by atoms with Crippen LogP contribution in [-0.2, 0) is 16.1 Å². The van der Waals surface area contributed by atoms with Gasteiger partial charge in [-0.15, -0.1) is 0 Å². The first-order valence-corrected chi connectivity index (χ1v) is 6.85. The molecular weight excluding hydrogens is 275 g/mol. The number of benzene rings is 1. The molecule has 0 bridgehead atoms. The van der Waals surface area contributed by atoms with Gasteiger partial charge in [0.15, 0.2) is 0 Å². The lowest BCUT2D eigenvalue weighted by atomic mass is 9.99. The van der Waals surface area contributed by atoms with E-state index in [4.69, 9.17) is 0 Å². The van der Waals surface area contributed by atoms with Crippen LogP contribution in [0.15, 0.2) is 24.3 Å². The molecule has 0 aliphatic heterocycles. The van der Waals surface area contributed by atoms with E-state index in [1.807, 2.05) is 13.8 Å². The van der Waals surface area contributed by atoms with Gasteiger partial charge in [-0.1, -0.05) is 38.5 Å². The summed E-state index contributed by atoms with van der Waals surface area (Å²) in [5, 5.41) is 5.09. The number of amides is 2. The topological polar surface area (TPSA) is 67.4 Å². The van der Waals surface area contributed by atoms with Gasteiger partial charge in [0, 0.05) is 12.1 Å². The highest BCUT2D eigenvalue weighted by atomic mass is 19.1. The van der Waals surface area contributed by atoms with Crippen LogP contribution in [0.3, 0.4) is 0 Å². The molecule has 0 spiro atoms. The predicted molar refractivity (Wildman–Crippen MR) is 77.0 cm³/mol. The predicted octanol–water partition coefficient (Wildman–Crippen LogP) is 2.21. The van der Waals surface area contributed by atoms with Gasteiger partial charge in [-0.05, 0) is 12.0 Å². The first-order valence-electron chi connectivity index (χ1n) is 6.85. The van der Waals surface area contributed by atoms with Crippen LogP contribution in [0.25, 0.3) is 0 Å². The summed E-state index contributed by atoms with van der Waals surface area (Å²) < 4.78 is 18.1. The Kier molecular flexibility index (Phi) is 6.65. The van der Waals surface area contributed by atoms with Crippen LogP contribution in [0.2, 0.25) is 0 Å². The molecule has 0 aliphatic rings. The standard InChI is InChI=1S/C15H21FN2O3/c1-4-10(2)13(14(19)21-3)18-15(20)17-9-11-7-5-6-8-12(11)16/h5-8,10,13H,4,9H2,1-3H3,(H2,17,18,20). The molecule has 0 heterocycles. The number of hydrogen-bond donors (Lipinski definition) is 2. The summed E-state index contributed by atoms with van der Waals surface area (Å²) in [7, 11) is 1.27. The van der Waals surface area contributed by atoms with Crippen molar-refractivity contribution in [3.63, 3.8) is 0 Å². The van der Waals surface area contributed by atoms with Gasteiger partial charge in [0.2, 0.25) is 0 Å². The summed E-state index contributed by atoms with van der Waals surface area (Å²) in [6, 6.07) is 4.92. The molecule has 2 unspecified atom stereocenters. The molecule has 0 fully saturated rings. The molecule has 5 nitrogen and oxygen atoms in total. The van der Waals surface area contributed by atoms with Gasteiger partial charge < -0.3 is 15.4 Å². The molecule has 0 aromatic heterocycles. The zero-order chi connectivity index (χ0) is 15.8. The van der Waals surface area contributed by atoms with E-state index in [1.165, 1.54) is 13.2 Å². The summed E-state index contributed by atoms with van der Waals surface area (Å²) in [4.78, 5) is 23.5. The first-order chi connectivity index (χ1) is 9.99. The molecule has 1 rings (SSSR count). The number of carbonyl (C=O) groups is 2. The molecule has 116 valence electrons. The van der Waals surface area contributed by atoms with Crippen molar-refractivity contribution in [1.82, 2.24) is 10.6 Å². The Balaban J connectivity index is 2.58. The SMILES string of the molecule is CCC(C)C(NC(=O)NCc1ccccc1F)C(=O)OC. The highest BCUT2D eigenvalue weighted by molar-refractivity contribution is 5.83. The molecule has 0 saturated heterocycles. The summed E-state index contributed by atoms with van der Waals surface area (Å²) in [6.07, 6.45) is 0.716. The van der Waals surface area contributed by atoms with Crippen molar-refractivity contribution < 1.29 is 18.7 Å². The Hall–Kier alpha value is -2.11. The van der Waals surface area contributed by atoms with Crippen molar-refractivity contribution in [1.29, 1.82) is 0 Å². The molecule has 0 saturated carbocycles. The highest BCUT2D eigenvalue weighted by Gasteiger charge is 2.26. The summed E-state index contributed by atoms with van der Waals surface area (Å²) in [5.74, 6) is -0.939. The van der Waals surface area contributed by atoms with E-state index in [1.54, 1.807) is 18.2 Å². The van der Waals surface area contributed by atoms with E-state index in [-0.39, 0.29) is 18.3 Å². The van der Waals surface area contributed by atoms with Crippen molar-refractivity contribution in [3.8, 4) is 0 Å². The lowest BCUT2D eigenvalue weighted by molar-refractivity contribution is -0.144. The van der Waals surface area contributed by atoms with E-state index in [0.717, 1.165) is 0 Å². The number of nitrogens with one attached hydrogen (secondary N) is 2. The van der Waals surface area contributed by atoms with Gasteiger partial charge in [0.05, 0.1) is 7.11 Å². The number of esters is 1. The molecule has 0 aliphatic carbocycles. The van der Waals surface area contributed by atoms with E-state index >= 15 is 0 Å². The van der Waals surface area contributed by atoms with Gasteiger partial charge in [-0.2, -0.15) is 0 Å². The van der Waals surface area contributed by atoms with Gasteiger partial charge >= 0.3 is 12.0 Å². The summed E-state index contributed by atoms with van der Waals surface area (Å²) in [6.45, 7) is 3.81. The third-order valence-corrected chi connectivity index (χ3v) is 3.35. The number of carbonyl (C=O) groups excluding carboxylic acids is 2. The largest absolute Gasteiger partial charge is 0.467 e. The van der Waals surface area contributed by atoms with Gasteiger partial charge in [-0.25, -0.2) is 14.0 Å². The van der Waals surface area contributed by atoms with Crippen molar-refractivity contribution >= 4 is 12.0 Å². The Morgan fingerprint density at radius 1 is 1.33 bits per heavy atom. The van der Waals surface area contributed by atoms with Crippen LogP contribution in [-0.4, -0.2) is 25.2 Å². The van der Waals surface area contributed by atoms with Crippen LogP contribution >= 0.6 is 0 Å². The van der Waals surface area contributed by atoms with E-state index in [2.05, 4.69) is 15.4 Å². The zero-order valence-corrected chi connectivity index (χ0v) is 12.5. The lowest BCUT2D eigenvalue weighted by Gasteiger charge is -2.22.